The monoisotopic (exact) mass is 268 g/mol. The summed E-state index contributed by atoms with van der Waals surface area (Å²) in [5.41, 5.74) is 1.56. The molecule has 0 saturated heterocycles. The Morgan fingerprint density at radius 2 is 1.72 bits per heavy atom. The van der Waals surface area contributed by atoms with Crippen molar-refractivity contribution in [3.63, 3.8) is 0 Å². The first-order chi connectivity index (χ1) is 8.29. The highest BCUT2D eigenvalue weighted by Gasteiger charge is 2.19. The van der Waals surface area contributed by atoms with Crippen LogP contribution in [0.4, 0.5) is 0 Å². The predicted molar refractivity (Wildman–Crippen MR) is 71.5 cm³/mol. The van der Waals surface area contributed by atoms with Crippen molar-refractivity contribution in [2.45, 2.75) is 26.2 Å². The van der Waals surface area contributed by atoms with Crippen molar-refractivity contribution in [1.82, 2.24) is 0 Å². The molecular weight excluding hydrogens is 252 g/mol. The Hall–Kier alpha value is -1.35. The van der Waals surface area contributed by atoms with Crippen LogP contribution in [0, 0.1) is 0 Å². The quantitative estimate of drug-likeness (QED) is 0.480. The Kier molecular flexibility index (Phi) is 4.52. The van der Waals surface area contributed by atoms with Gasteiger partial charge in [-0.1, -0.05) is 20.8 Å². The summed E-state index contributed by atoms with van der Waals surface area (Å²) in [7, 11) is 1.31. The SMILES string of the molecule is COC(=O)c1cc(C(=O)CCl)cc(C(C)(C)C)c1. The van der Waals surface area contributed by atoms with Crippen LogP contribution < -0.4 is 0 Å². The molecule has 1 aromatic rings. The second-order valence-corrected chi connectivity index (χ2v) is 5.36. The van der Waals surface area contributed by atoms with E-state index < -0.39 is 5.97 Å². The van der Waals surface area contributed by atoms with Crippen LogP contribution in [0.3, 0.4) is 0 Å². The summed E-state index contributed by atoms with van der Waals surface area (Å²) in [4.78, 5) is 23.3. The smallest absolute Gasteiger partial charge is 0.337 e. The molecule has 0 spiro atoms. The topological polar surface area (TPSA) is 43.4 Å². The molecule has 0 aromatic heterocycles. The maximum Gasteiger partial charge on any atom is 0.337 e. The van der Waals surface area contributed by atoms with Gasteiger partial charge in [0, 0.05) is 5.56 Å². The van der Waals surface area contributed by atoms with Gasteiger partial charge in [-0.15, -0.1) is 11.6 Å². The third kappa shape index (κ3) is 3.33. The van der Waals surface area contributed by atoms with Crippen LogP contribution in [-0.4, -0.2) is 24.7 Å². The largest absolute Gasteiger partial charge is 0.465 e. The summed E-state index contributed by atoms with van der Waals surface area (Å²) in [5, 5.41) is 0. The maximum atomic E-state index is 11.7. The van der Waals surface area contributed by atoms with Gasteiger partial charge in [0.25, 0.3) is 0 Å². The van der Waals surface area contributed by atoms with E-state index in [4.69, 9.17) is 11.6 Å². The van der Waals surface area contributed by atoms with Crippen molar-refractivity contribution in [3.8, 4) is 0 Å². The number of carbonyl (C=O) groups is 2. The summed E-state index contributed by atoms with van der Waals surface area (Å²) < 4.78 is 4.69. The average Bonchev–Trinajstić information content (AvgIpc) is 2.35. The van der Waals surface area contributed by atoms with E-state index in [1.165, 1.54) is 13.2 Å². The number of methoxy groups -OCH3 is 1. The number of ether oxygens (including phenoxy) is 1. The molecule has 0 heterocycles. The van der Waals surface area contributed by atoms with E-state index in [2.05, 4.69) is 4.74 Å². The zero-order valence-electron chi connectivity index (χ0n) is 11.0. The number of Topliss-reactive ketones (excluding diaryl/α,β-unsaturated/α-hetero) is 1. The van der Waals surface area contributed by atoms with E-state index in [9.17, 15) is 9.59 Å². The van der Waals surface area contributed by atoms with Crippen molar-refractivity contribution in [2.75, 3.05) is 13.0 Å². The Labute approximate surface area is 112 Å². The molecule has 1 aromatic carbocycles. The van der Waals surface area contributed by atoms with E-state index in [0.29, 0.717) is 11.1 Å². The van der Waals surface area contributed by atoms with Gasteiger partial charge < -0.3 is 4.74 Å². The highest BCUT2D eigenvalue weighted by molar-refractivity contribution is 6.30. The molecule has 0 saturated carbocycles. The van der Waals surface area contributed by atoms with Gasteiger partial charge in [-0.3, -0.25) is 4.79 Å². The third-order valence-electron chi connectivity index (χ3n) is 2.66. The van der Waals surface area contributed by atoms with Gasteiger partial charge in [0.1, 0.15) is 0 Å². The summed E-state index contributed by atoms with van der Waals surface area (Å²) in [5.74, 6) is -0.758. The van der Waals surface area contributed by atoms with Crippen LogP contribution in [0.2, 0.25) is 0 Å². The number of esters is 1. The molecule has 98 valence electrons. The van der Waals surface area contributed by atoms with Crippen molar-refractivity contribution in [1.29, 1.82) is 0 Å². The van der Waals surface area contributed by atoms with Gasteiger partial charge in [-0.2, -0.15) is 0 Å². The Morgan fingerprint density at radius 3 is 2.17 bits per heavy atom. The van der Waals surface area contributed by atoms with Gasteiger partial charge in [0.15, 0.2) is 5.78 Å². The Balaban J connectivity index is 3.38. The number of halogens is 1. The summed E-state index contributed by atoms with van der Waals surface area (Å²) in [6.07, 6.45) is 0. The molecule has 3 nitrogen and oxygen atoms in total. The van der Waals surface area contributed by atoms with Crippen LogP contribution >= 0.6 is 11.6 Å². The minimum absolute atomic E-state index is 0.103. The lowest BCUT2D eigenvalue weighted by Gasteiger charge is -2.20. The standard InChI is InChI=1S/C14H17ClO3/c1-14(2,3)11-6-9(12(16)8-15)5-10(7-11)13(17)18-4/h5-7H,8H2,1-4H3. The molecule has 1 rings (SSSR count). The molecule has 0 bridgehead atoms. The number of hydrogen-bond donors (Lipinski definition) is 0. The molecular formula is C14H17ClO3. The third-order valence-corrected chi connectivity index (χ3v) is 2.91. The summed E-state index contributed by atoms with van der Waals surface area (Å²) in [6.45, 7) is 6.04. The van der Waals surface area contributed by atoms with Crippen molar-refractivity contribution in [3.05, 3.63) is 34.9 Å². The molecule has 0 atom stereocenters. The zero-order valence-corrected chi connectivity index (χ0v) is 11.8. The molecule has 0 aliphatic rings. The Bertz CT molecular complexity index is 438. The van der Waals surface area contributed by atoms with Gasteiger partial charge in [0.2, 0.25) is 0 Å². The first kappa shape index (κ1) is 14.7. The predicted octanol–water partition coefficient (Wildman–Crippen LogP) is 3.19. The number of alkyl halides is 1. The van der Waals surface area contributed by atoms with E-state index in [1.807, 2.05) is 20.8 Å². The second-order valence-electron chi connectivity index (χ2n) is 5.10. The summed E-state index contributed by atoms with van der Waals surface area (Å²) in [6, 6.07) is 5.04. The van der Waals surface area contributed by atoms with Crippen molar-refractivity contribution >= 4 is 23.4 Å². The first-order valence-electron chi connectivity index (χ1n) is 5.62. The van der Waals surface area contributed by atoms with Crippen LogP contribution in [0.25, 0.3) is 0 Å². The van der Waals surface area contributed by atoms with Crippen LogP contribution in [0.5, 0.6) is 0 Å². The minimum atomic E-state index is -0.454. The van der Waals surface area contributed by atoms with E-state index >= 15 is 0 Å². The first-order valence-corrected chi connectivity index (χ1v) is 6.16. The van der Waals surface area contributed by atoms with Gasteiger partial charge in [-0.25, -0.2) is 4.79 Å². The number of rotatable bonds is 3. The lowest BCUT2D eigenvalue weighted by Crippen LogP contribution is -2.15. The van der Waals surface area contributed by atoms with E-state index in [-0.39, 0.29) is 17.1 Å². The minimum Gasteiger partial charge on any atom is -0.465 e. The molecule has 0 N–H and O–H groups in total. The normalized spacial score (nSPS) is 11.2. The van der Waals surface area contributed by atoms with E-state index in [0.717, 1.165) is 5.56 Å². The van der Waals surface area contributed by atoms with Crippen LogP contribution in [0.1, 0.15) is 47.1 Å². The molecule has 18 heavy (non-hydrogen) atoms. The van der Waals surface area contributed by atoms with Crippen LogP contribution in [-0.2, 0) is 10.2 Å². The fraction of sp³-hybridized carbons (Fsp3) is 0.429. The second kappa shape index (κ2) is 5.53. The van der Waals surface area contributed by atoms with Crippen LogP contribution in [0.15, 0.2) is 18.2 Å². The molecule has 0 aliphatic carbocycles. The zero-order chi connectivity index (χ0) is 13.9. The molecule has 0 aliphatic heterocycles. The number of carbonyl (C=O) groups excluding carboxylic acids is 2. The number of ketones is 1. The van der Waals surface area contributed by atoms with Gasteiger partial charge >= 0.3 is 5.97 Å². The maximum absolute atomic E-state index is 11.7. The number of benzene rings is 1. The highest BCUT2D eigenvalue weighted by atomic mass is 35.5. The molecule has 0 fully saturated rings. The van der Waals surface area contributed by atoms with Crippen molar-refractivity contribution in [2.24, 2.45) is 0 Å². The Morgan fingerprint density at radius 1 is 1.17 bits per heavy atom. The fourth-order valence-electron chi connectivity index (χ4n) is 1.53. The summed E-state index contributed by atoms with van der Waals surface area (Å²) >= 11 is 5.55. The molecule has 0 unspecified atom stereocenters. The van der Waals surface area contributed by atoms with Gasteiger partial charge in [0.05, 0.1) is 18.6 Å². The highest BCUT2D eigenvalue weighted by Crippen LogP contribution is 2.25. The molecule has 0 radical (unpaired) electrons. The number of hydrogen-bond acceptors (Lipinski definition) is 3. The average molecular weight is 269 g/mol. The van der Waals surface area contributed by atoms with E-state index in [1.54, 1.807) is 12.1 Å². The van der Waals surface area contributed by atoms with Crippen molar-refractivity contribution < 1.29 is 14.3 Å². The molecule has 0 amide bonds. The molecule has 4 heteroatoms. The fourth-order valence-corrected chi connectivity index (χ4v) is 1.69. The van der Waals surface area contributed by atoms with Gasteiger partial charge in [-0.05, 0) is 29.2 Å². The lowest BCUT2D eigenvalue weighted by atomic mass is 9.84. The lowest BCUT2D eigenvalue weighted by molar-refractivity contribution is 0.0600.